The average molecular weight is 256 g/mol. The fourth-order valence-electron chi connectivity index (χ4n) is 2.68. The lowest BCUT2D eigenvalue weighted by molar-refractivity contribution is 0.318. The smallest absolute Gasteiger partial charge is 0.0645 e. The number of hydrogen-bond donors (Lipinski definition) is 1. The third-order valence-corrected chi connectivity index (χ3v) is 3.81. The molecule has 1 atom stereocenters. The molecule has 1 aliphatic rings. The largest absolute Gasteiger partial charge is 0.330 e. The zero-order valence-corrected chi connectivity index (χ0v) is 11.1. The van der Waals surface area contributed by atoms with Crippen LogP contribution in [0.15, 0.2) is 42.7 Å². The minimum absolute atomic E-state index is 0.684. The Bertz CT molecular complexity index is 503. The second-order valence-electron chi connectivity index (χ2n) is 5.24. The van der Waals surface area contributed by atoms with E-state index in [9.17, 15) is 0 Å². The molecule has 1 aliphatic heterocycles. The highest BCUT2D eigenvalue weighted by molar-refractivity contribution is 5.33. The zero-order chi connectivity index (χ0) is 13.1. The highest BCUT2D eigenvalue weighted by atomic mass is 15.3. The Morgan fingerprint density at radius 3 is 2.74 bits per heavy atom. The van der Waals surface area contributed by atoms with Crippen LogP contribution in [0.1, 0.15) is 12.0 Å². The first-order chi connectivity index (χ1) is 9.35. The van der Waals surface area contributed by atoms with Crippen molar-refractivity contribution in [3.63, 3.8) is 0 Å². The summed E-state index contributed by atoms with van der Waals surface area (Å²) in [5.74, 6) is 0.684. The first kappa shape index (κ1) is 12.4. The van der Waals surface area contributed by atoms with E-state index in [-0.39, 0.29) is 0 Å². The highest BCUT2D eigenvalue weighted by Gasteiger charge is 2.20. The Morgan fingerprint density at radius 2 is 2.11 bits per heavy atom. The van der Waals surface area contributed by atoms with Crippen LogP contribution in [0.4, 0.5) is 0 Å². The van der Waals surface area contributed by atoms with Gasteiger partial charge >= 0.3 is 0 Å². The third-order valence-electron chi connectivity index (χ3n) is 3.81. The molecule has 2 heterocycles. The van der Waals surface area contributed by atoms with E-state index in [4.69, 9.17) is 5.73 Å². The predicted octanol–water partition coefficient (Wildman–Crippen LogP) is 1.65. The number of aromatic nitrogens is 2. The van der Waals surface area contributed by atoms with Gasteiger partial charge in [0.05, 0.1) is 5.69 Å². The molecule has 0 bridgehead atoms. The summed E-state index contributed by atoms with van der Waals surface area (Å²) in [7, 11) is 0. The normalized spacial score (nSPS) is 19.9. The molecular formula is C15H20N4. The second-order valence-corrected chi connectivity index (χ2v) is 5.24. The first-order valence-electron chi connectivity index (χ1n) is 6.86. The summed E-state index contributed by atoms with van der Waals surface area (Å²) in [6.07, 6.45) is 4.99. The summed E-state index contributed by atoms with van der Waals surface area (Å²) in [5.41, 5.74) is 8.19. The molecule has 0 aliphatic carbocycles. The Morgan fingerprint density at radius 1 is 1.26 bits per heavy atom. The van der Waals surface area contributed by atoms with Crippen molar-refractivity contribution in [1.29, 1.82) is 0 Å². The maximum Gasteiger partial charge on any atom is 0.0645 e. The Kier molecular flexibility index (Phi) is 3.62. The van der Waals surface area contributed by atoms with E-state index < -0.39 is 0 Å². The van der Waals surface area contributed by atoms with Crippen LogP contribution in [0.25, 0.3) is 5.69 Å². The topological polar surface area (TPSA) is 47.1 Å². The Labute approximate surface area is 113 Å². The number of nitrogens with zero attached hydrogens (tertiary/aromatic N) is 3. The van der Waals surface area contributed by atoms with Gasteiger partial charge in [-0.2, -0.15) is 5.10 Å². The molecule has 1 unspecified atom stereocenters. The molecule has 100 valence electrons. The first-order valence-corrected chi connectivity index (χ1v) is 6.86. The van der Waals surface area contributed by atoms with Gasteiger partial charge in [0.2, 0.25) is 0 Å². The predicted molar refractivity (Wildman–Crippen MR) is 76.0 cm³/mol. The quantitative estimate of drug-likeness (QED) is 0.905. The molecule has 19 heavy (non-hydrogen) atoms. The van der Waals surface area contributed by atoms with Gasteiger partial charge in [0.15, 0.2) is 0 Å². The van der Waals surface area contributed by atoms with Gasteiger partial charge in [-0.15, -0.1) is 0 Å². The minimum atomic E-state index is 0.684. The zero-order valence-electron chi connectivity index (χ0n) is 11.1. The monoisotopic (exact) mass is 256 g/mol. The fourth-order valence-corrected chi connectivity index (χ4v) is 2.68. The molecule has 0 spiro atoms. The lowest BCUT2D eigenvalue weighted by Gasteiger charge is -2.15. The Hall–Kier alpha value is -1.65. The van der Waals surface area contributed by atoms with E-state index in [1.165, 1.54) is 18.5 Å². The number of nitrogens with two attached hydrogens (primary N) is 1. The maximum absolute atomic E-state index is 5.73. The molecule has 0 amide bonds. The van der Waals surface area contributed by atoms with Crippen molar-refractivity contribution in [2.75, 3.05) is 19.6 Å². The SMILES string of the molecule is NCC1CCN(Cc2ccc(-n3cccn3)cc2)C1. The van der Waals surface area contributed by atoms with E-state index >= 15 is 0 Å². The minimum Gasteiger partial charge on any atom is -0.330 e. The van der Waals surface area contributed by atoms with E-state index in [1.54, 1.807) is 6.20 Å². The van der Waals surface area contributed by atoms with Crippen LogP contribution >= 0.6 is 0 Å². The lowest BCUT2D eigenvalue weighted by atomic mass is 10.1. The van der Waals surface area contributed by atoms with Gasteiger partial charge < -0.3 is 5.73 Å². The molecule has 4 nitrogen and oxygen atoms in total. The van der Waals surface area contributed by atoms with Crippen LogP contribution in [-0.4, -0.2) is 34.3 Å². The van der Waals surface area contributed by atoms with Crippen LogP contribution in [0.2, 0.25) is 0 Å². The number of rotatable bonds is 4. The molecule has 1 fully saturated rings. The molecule has 0 saturated carbocycles. The summed E-state index contributed by atoms with van der Waals surface area (Å²) in [5, 5.41) is 4.23. The van der Waals surface area contributed by atoms with Crippen LogP contribution in [0.3, 0.4) is 0 Å². The standard InChI is InChI=1S/C15H20N4/c16-10-14-6-9-18(12-14)11-13-2-4-15(5-3-13)19-8-1-7-17-19/h1-5,7-8,14H,6,9-12,16H2. The molecule has 4 heteroatoms. The fraction of sp³-hybridized carbons (Fsp3) is 0.400. The van der Waals surface area contributed by atoms with Gasteiger partial charge in [0, 0.05) is 25.5 Å². The van der Waals surface area contributed by atoms with Gasteiger partial charge in [-0.05, 0) is 49.2 Å². The molecule has 2 aromatic rings. The van der Waals surface area contributed by atoms with Crippen LogP contribution < -0.4 is 5.73 Å². The van der Waals surface area contributed by atoms with Gasteiger partial charge in [-0.1, -0.05) is 12.1 Å². The van der Waals surface area contributed by atoms with E-state index in [2.05, 4.69) is 34.3 Å². The van der Waals surface area contributed by atoms with Crippen molar-refractivity contribution < 1.29 is 0 Å². The molecule has 3 rings (SSSR count). The van der Waals surface area contributed by atoms with Gasteiger partial charge in [0.1, 0.15) is 0 Å². The van der Waals surface area contributed by atoms with Crippen molar-refractivity contribution in [2.24, 2.45) is 11.7 Å². The highest BCUT2D eigenvalue weighted by Crippen LogP contribution is 2.18. The molecule has 1 aromatic carbocycles. The van der Waals surface area contributed by atoms with Crippen molar-refractivity contribution in [1.82, 2.24) is 14.7 Å². The van der Waals surface area contributed by atoms with E-state index in [0.29, 0.717) is 5.92 Å². The summed E-state index contributed by atoms with van der Waals surface area (Å²) in [6, 6.07) is 10.6. The summed E-state index contributed by atoms with van der Waals surface area (Å²) in [4.78, 5) is 2.49. The summed E-state index contributed by atoms with van der Waals surface area (Å²) < 4.78 is 1.88. The van der Waals surface area contributed by atoms with E-state index in [0.717, 1.165) is 25.3 Å². The molecule has 0 radical (unpaired) electrons. The Balaban J connectivity index is 1.63. The third kappa shape index (κ3) is 2.85. The lowest BCUT2D eigenvalue weighted by Crippen LogP contribution is -2.22. The molecule has 1 aromatic heterocycles. The van der Waals surface area contributed by atoms with Crippen LogP contribution in [0, 0.1) is 5.92 Å². The van der Waals surface area contributed by atoms with Crippen LogP contribution in [-0.2, 0) is 6.54 Å². The van der Waals surface area contributed by atoms with E-state index in [1.807, 2.05) is 16.9 Å². The van der Waals surface area contributed by atoms with Gasteiger partial charge in [-0.25, -0.2) is 4.68 Å². The average Bonchev–Trinajstić information content (AvgIpc) is 3.10. The second kappa shape index (κ2) is 5.55. The van der Waals surface area contributed by atoms with Crippen LogP contribution in [0.5, 0.6) is 0 Å². The molecule has 2 N–H and O–H groups in total. The molecular weight excluding hydrogens is 236 g/mol. The van der Waals surface area contributed by atoms with Gasteiger partial charge in [-0.3, -0.25) is 4.90 Å². The number of likely N-dealkylation sites (tertiary alicyclic amines) is 1. The summed E-state index contributed by atoms with van der Waals surface area (Å²) >= 11 is 0. The van der Waals surface area contributed by atoms with Crippen molar-refractivity contribution in [2.45, 2.75) is 13.0 Å². The van der Waals surface area contributed by atoms with Crippen molar-refractivity contribution in [3.05, 3.63) is 48.3 Å². The molecule has 1 saturated heterocycles. The van der Waals surface area contributed by atoms with Gasteiger partial charge in [0.25, 0.3) is 0 Å². The van der Waals surface area contributed by atoms with Crippen molar-refractivity contribution >= 4 is 0 Å². The van der Waals surface area contributed by atoms with Crippen molar-refractivity contribution in [3.8, 4) is 5.69 Å². The number of hydrogen-bond acceptors (Lipinski definition) is 3. The number of benzene rings is 1. The maximum atomic E-state index is 5.73. The summed E-state index contributed by atoms with van der Waals surface area (Å²) in [6.45, 7) is 4.14.